The van der Waals surface area contributed by atoms with Gasteiger partial charge in [0, 0.05) is 23.6 Å². The number of anilines is 1. The maximum absolute atomic E-state index is 13.5. The molecule has 30 heavy (non-hydrogen) atoms. The van der Waals surface area contributed by atoms with Crippen LogP contribution in [0.15, 0.2) is 64.3 Å². The van der Waals surface area contributed by atoms with Crippen molar-refractivity contribution in [2.24, 2.45) is 0 Å². The summed E-state index contributed by atoms with van der Waals surface area (Å²) in [5.41, 5.74) is 7.00. The van der Waals surface area contributed by atoms with Crippen LogP contribution in [0.25, 0.3) is 0 Å². The first-order valence-electron chi connectivity index (χ1n) is 10.2. The van der Waals surface area contributed by atoms with E-state index in [1.54, 1.807) is 7.11 Å². The van der Waals surface area contributed by atoms with Gasteiger partial charge in [0.2, 0.25) is 5.88 Å². The highest BCUT2D eigenvalue weighted by Crippen LogP contribution is 2.49. The molecule has 5 nitrogen and oxygen atoms in total. The van der Waals surface area contributed by atoms with Gasteiger partial charge in [0.25, 0.3) is 0 Å². The predicted octanol–water partition coefficient (Wildman–Crippen LogP) is 5.26. The Morgan fingerprint density at radius 3 is 2.60 bits per heavy atom. The number of ketones is 1. The largest absolute Gasteiger partial charge is 0.497 e. The molecule has 0 amide bonds. The van der Waals surface area contributed by atoms with Gasteiger partial charge in [0.1, 0.15) is 5.75 Å². The van der Waals surface area contributed by atoms with E-state index < -0.39 is 0 Å². The van der Waals surface area contributed by atoms with Crippen LogP contribution in [0.3, 0.4) is 0 Å². The number of fused-ring (bicyclic) bond motifs is 1. The Kier molecular flexibility index (Phi) is 4.46. The Morgan fingerprint density at radius 2 is 1.87 bits per heavy atom. The summed E-state index contributed by atoms with van der Waals surface area (Å²) in [4.78, 5) is 13.5. The van der Waals surface area contributed by atoms with Crippen molar-refractivity contribution in [1.29, 1.82) is 0 Å². The van der Waals surface area contributed by atoms with Crippen molar-refractivity contribution >= 4 is 11.7 Å². The van der Waals surface area contributed by atoms with E-state index in [1.165, 1.54) is 5.56 Å². The lowest BCUT2D eigenvalue weighted by atomic mass is 9.72. The van der Waals surface area contributed by atoms with Crippen LogP contribution < -0.4 is 10.1 Å². The summed E-state index contributed by atoms with van der Waals surface area (Å²) in [5, 5.41) is 7.58. The van der Waals surface area contributed by atoms with E-state index in [9.17, 15) is 4.79 Å². The number of aromatic nitrogens is 1. The molecule has 5 rings (SSSR count). The first-order chi connectivity index (χ1) is 14.5. The average molecular weight is 400 g/mol. The number of ether oxygens (including phenoxy) is 1. The lowest BCUT2D eigenvalue weighted by molar-refractivity contribution is -0.116. The van der Waals surface area contributed by atoms with Gasteiger partial charge >= 0.3 is 0 Å². The van der Waals surface area contributed by atoms with Crippen molar-refractivity contribution in [1.82, 2.24) is 5.16 Å². The molecule has 5 heteroatoms. The molecule has 0 saturated heterocycles. The van der Waals surface area contributed by atoms with Gasteiger partial charge in [-0.1, -0.05) is 47.1 Å². The van der Waals surface area contributed by atoms with E-state index >= 15 is 0 Å². The molecule has 2 atom stereocenters. The second-order valence-electron chi connectivity index (χ2n) is 8.18. The van der Waals surface area contributed by atoms with Crippen molar-refractivity contribution < 1.29 is 14.1 Å². The van der Waals surface area contributed by atoms with Gasteiger partial charge in [-0.3, -0.25) is 4.79 Å². The van der Waals surface area contributed by atoms with E-state index in [2.05, 4.69) is 35.6 Å². The molecule has 0 bridgehead atoms. The van der Waals surface area contributed by atoms with Crippen LogP contribution in [0.5, 0.6) is 5.75 Å². The number of benzene rings is 2. The van der Waals surface area contributed by atoms with E-state index in [4.69, 9.17) is 9.26 Å². The summed E-state index contributed by atoms with van der Waals surface area (Å²) in [7, 11) is 1.66. The number of allylic oxidation sites excluding steroid dienone is 2. The van der Waals surface area contributed by atoms with E-state index in [1.807, 2.05) is 37.3 Å². The van der Waals surface area contributed by atoms with E-state index in [0.29, 0.717) is 12.3 Å². The Balaban J connectivity index is 1.59. The number of rotatable bonds is 3. The summed E-state index contributed by atoms with van der Waals surface area (Å²) in [6.07, 6.45) is 1.25. The molecule has 0 spiro atoms. The quantitative estimate of drug-likeness (QED) is 0.650. The molecule has 2 aliphatic rings. The van der Waals surface area contributed by atoms with Crippen LogP contribution in [-0.2, 0) is 4.79 Å². The Hall–Kier alpha value is -3.34. The molecule has 0 saturated carbocycles. The third-order valence-corrected chi connectivity index (χ3v) is 6.22. The number of nitrogens with one attached hydrogen (secondary N) is 1. The van der Waals surface area contributed by atoms with Crippen LogP contribution in [-0.4, -0.2) is 18.0 Å². The summed E-state index contributed by atoms with van der Waals surface area (Å²) in [6.45, 7) is 4.01. The van der Waals surface area contributed by atoms with Gasteiger partial charge < -0.3 is 14.6 Å². The van der Waals surface area contributed by atoms with Gasteiger partial charge in [-0.2, -0.15) is 0 Å². The van der Waals surface area contributed by atoms with Crippen LogP contribution >= 0.6 is 0 Å². The Morgan fingerprint density at radius 1 is 1.07 bits per heavy atom. The van der Waals surface area contributed by atoms with Gasteiger partial charge in [-0.05, 0) is 49.4 Å². The minimum absolute atomic E-state index is 0.124. The van der Waals surface area contributed by atoms with Crippen molar-refractivity contribution in [2.75, 3.05) is 12.4 Å². The Labute approximate surface area is 175 Å². The summed E-state index contributed by atoms with van der Waals surface area (Å²) >= 11 is 0. The van der Waals surface area contributed by atoms with Gasteiger partial charge in [0.15, 0.2) is 5.78 Å². The van der Waals surface area contributed by atoms with Crippen molar-refractivity contribution in [3.05, 3.63) is 87.7 Å². The molecule has 1 aliphatic carbocycles. The molecule has 0 unspecified atom stereocenters. The molecule has 1 aromatic heterocycles. The fraction of sp³-hybridized carbons (Fsp3) is 0.280. The molecule has 1 aliphatic heterocycles. The van der Waals surface area contributed by atoms with E-state index in [-0.39, 0.29) is 17.6 Å². The number of hydrogen-bond acceptors (Lipinski definition) is 5. The van der Waals surface area contributed by atoms with Crippen LogP contribution in [0.4, 0.5) is 5.88 Å². The number of Topliss-reactive ketones (excluding diaryl/α,β-unsaturated/α-hetero) is 1. The van der Waals surface area contributed by atoms with Crippen molar-refractivity contribution in [3.63, 3.8) is 0 Å². The monoisotopic (exact) mass is 400 g/mol. The topological polar surface area (TPSA) is 64.4 Å². The Bertz CT molecular complexity index is 1160. The first kappa shape index (κ1) is 18.7. The standard InChI is InChI=1S/C25H24N2O3/c1-14-5-4-6-17(11-14)23-22-15(2)27-30-25(22)26-20-12-18(13-21(28)24(20)23)16-7-9-19(29-3)10-8-16/h4-11,18,23,26H,12-13H2,1-3H3/t18-,23+/m1/s1. The second-order valence-corrected chi connectivity index (χ2v) is 8.18. The van der Waals surface area contributed by atoms with Crippen LogP contribution in [0, 0.1) is 13.8 Å². The zero-order valence-electron chi connectivity index (χ0n) is 17.4. The third-order valence-electron chi connectivity index (χ3n) is 6.22. The first-order valence-corrected chi connectivity index (χ1v) is 10.2. The van der Waals surface area contributed by atoms with Gasteiger partial charge in [-0.15, -0.1) is 0 Å². The number of hydrogen-bond donors (Lipinski definition) is 1. The molecule has 0 radical (unpaired) electrons. The third kappa shape index (κ3) is 3.02. The number of methoxy groups -OCH3 is 1. The highest BCUT2D eigenvalue weighted by atomic mass is 16.5. The molecule has 2 aromatic carbocycles. The fourth-order valence-electron chi connectivity index (χ4n) is 4.77. The lowest BCUT2D eigenvalue weighted by Gasteiger charge is -2.34. The zero-order chi connectivity index (χ0) is 20.8. The number of carbonyl (C=O) groups is 1. The number of carbonyl (C=O) groups excluding carboxylic acids is 1. The molecule has 152 valence electrons. The molecular formula is C25H24N2O3. The molecule has 0 fully saturated rings. The molecular weight excluding hydrogens is 376 g/mol. The molecule has 2 heterocycles. The van der Waals surface area contributed by atoms with Crippen molar-refractivity contribution in [2.45, 2.75) is 38.5 Å². The van der Waals surface area contributed by atoms with E-state index in [0.717, 1.165) is 45.8 Å². The average Bonchev–Trinajstić information content (AvgIpc) is 3.12. The minimum Gasteiger partial charge on any atom is -0.497 e. The normalized spacial score (nSPS) is 20.4. The van der Waals surface area contributed by atoms with Crippen LogP contribution in [0.2, 0.25) is 0 Å². The second kappa shape index (κ2) is 7.17. The predicted molar refractivity (Wildman–Crippen MR) is 115 cm³/mol. The maximum Gasteiger partial charge on any atom is 0.233 e. The van der Waals surface area contributed by atoms with Gasteiger partial charge in [-0.25, -0.2) is 0 Å². The highest BCUT2D eigenvalue weighted by molar-refractivity contribution is 6.01. The van der Waals surface area contributed by atoms with Crippen LogP contribution in [0.1, 0.15) is 52.6 Å². The maximum atomic E-state index is 13.5. The fourth-order valence-corrected chi connectivity index (χ4v) is 4.77. The zero-order valence-corrected chi connectivity index (χ0v) is 17.4. The summed E-state index contributed by atoms with van der Waals surface area (Å²) in [5.74, 6) is 1.63. The van der Waals surface area contributed by atoms with Gasteiger partial charge in [0.05, 0.1) is 18.4 Å². The highest BCUT2D eigenvalue weighted by Gasteiger charge is 2.41. The number of nitrogens with zero attached hydrogens (tertiary/aromatic N) is 1. The molecule has 3 aromatic rings. The lowest BCUT2D eigenvalue weighted by Crippen LogP contribution is -2.29. The summed E-state index contributed by atoms with van der Waals surface area (Å²) in [6, 6.07) is 16.4. The molecule has 1 N–H and O–H groups in total. The number of aryl methyl sites for hydroxylation is 2. The summed E-state index contributed by atoms with van der Waals surface area (Å²) < 4.78 is 10.9. The SMILES string of the molecule is COc1ccc([C@H]2CC(=O)C3=C(C2)Nc2onc(C)c2[C@@H]3c2cccc(C)c2)cc1. The minimum atomic E-state index is -0.147. The smallest absolute Gasteiger partial charge is 0.233 e. The van der Waals surface area contributed by atoms with Crippen molar-refractivity contribution in [3.8, 4) is 5.75 Å².